The van der Waals surface area contributed by atoms with Crippen LogP contribution in [0.3, 0.4) is 0 Å². The first kappa shape index (κ1) is 13.6. The summed E-state index contributed by atoms with van der Waals surface area (Å²) in [6.07, 6.45) is 0.482. The number of allylic oxidation sites excluding steroid dienone is 1. The fourth-order valence-electron chi connectivity index (χ4n) is 1.29. The number of hydrogen-bond acceptors (Lipinski definition) is 3. The van der Waals surface area contributed by atoms with E-state index in [-0.39, 0.29) is 10.8 Å². The third-order valence-corrected chi connectivity index (χ3v) is 2.39. The van der Waals surface area contributed by atoms with Gasteiger partial charge in [0, 0.05) is 11.7 Å². The van der Waals surface area contributed by atoms with Crippen molar-refractivity contribution in [2.75, 3.05) is 0 Å². The number of carboxylic acid groups (broad SMARTS) is 1. The highest BCUT2D eigenvalue weighted by molar-refractivity contribution is 7.80. The highest BCUT2D eigenvalue weighted by atomic mass is 32.1. The van der Waals surface area contributed by atoms with E-state index in [9.17, 15) is 4.79 Å². The van der Waals surface area contributed by atoms with Crippen molar-refractivity contribution >= 4 is 18.6 Å². The van der Waals surface area contributed by atoms with Gasteiger partial charge in [-0.1, -0.05) is 25.1 Å². The number of carboxylic acids is 1. The molecule has 0 aliphatic carbocycles. The second-order valence-electron chi connectivity index (χ2n) is 3.82. The van der Waals surface area contributed by atoms with Gasteiger partial charge in [0.25, 0.3) is 0 Å². The number of aliphatic carboxylic acids is 1. The van der Waals surface area contributed by atoms with Crippen molar-refractivity contribution in [2.45, 2.75) is 25.5 Å². The Morgan fingerprint density at radius 2 is 2.00 bits per heavy atom. The van der Waals surface area contributed by atoms with Crippen LogP contribution in [0.25, 0.3) is 0 Å². The molecule has 0 bridgehead atoms. The minimum absolute atomic E-state index is 0.0445. The molecule has 0 amide bonds. The molecule has 0 spiro atoms. The topological polar surface area (TPSA) is 46.5 Å². The van der Waals surface area contributed by atoms with E-state index in [1.807, 2.05) is 25.1 Å². The van der Waals surface area contributed by atoms with Gasteiger partial charge < -0.3 is 9.84 Å². The first-order valence-electron chi connectivity index (χ1n) is 5.34. The van der Waals surface area contributed by atoms with Crippen LogP contribution in [0.2, 0.25) is 0 Å². The highest BCUT2D eigenvalue weighted by Crippen LogP contribution is 2.20. The second kappa shape index (κ2) is 6.35. The first-order chi connectivity index (χ1) is 8.00. The average molecular weight is 252 g/mol. The van der Waals surface area contributed by atoms with Crippen LogP contribution in [0.5, 0.6) is 5.75 Å². The Kier molecular flexibility index (Phi) is 5.10. The van der Waals surface area contributed by atoms with Gasteiger partial charge in [-0.25, -0.2) is 4.79 Å². The third-order valence-electron chi connectivity index (χ3n) is 2.20. The van der Waals surface area contributed by atoms with E-state index in [4.69, 9.17) is 9.84 Å². The molecule has 1 unspecified atom stereocenters. The molecule has 1 aromatic rings. The van der Waals surface area contributed by atoms with Crippen molar-refractivity contribution in [3.8, 4) is 5.75 Å². The van der Waals surface area contributed by atoms with Gasteiger partial charge in [-0.2, -0.15) is 12.6 Å². The Hall–Kier alpha value is -1.42. The van der Waals surface area contributed by atoms with Crippen LogP contribution in [0, 0.1) is 0 Å². The van der Waals surface area contributed by atoms with Crippen LogP contribution in [-0.2, 0) is 4.79 Å². The Labute approximate surface area is 107 Å². The van der Waals surface area contributed by atoms with Gasteiger partial charge in [-0.05, 0) is 19.1 Å². The minimum Gasteiger partial charge on any atom is -0.478 e. The Bertz CT molecular complexity index is 410. The first-order valence-corrected chi connectivity index (χ1v) is 5.86. The molecule has 1 rings (SSSR count). The van der Waals surface area contributed by atoms with Crippen molar-refractivity contribution in [3.63, 3.8) is 0 Å². The summed E-state index contributed by atoms with van der Waals surface area (Å²) in [4.78, 5) is 10.9. The minimum atomic E-state index is -0.968. The number of hydrogen-bond donors (Lipinski definition) is 2. The van der Waals surface area contributed by atoms with Gasteiger partial charge in [0.1, 0.15) is 11.5 Å². The van der Waals surface area contributed by atoms with Gasteiger partial charge in [0.05, 0.1) is 5.57 Å². The van der Waals surface area contributed by atoms with Crippen LogP contribution in [0.4, 0.5) is 0 Å². The molecular formula is C13H16O3S. The van der Waals surface area contributed by atoms with E-state index in [1.54, 1.807) is 12.1 Å². The average Bonchev–Trinajstić information content (AvgIpc) is 2.28. The van der Waals surface area contributed by atoms with Crippen molar-refractivity contribution < 1.29 is 14.6 Å². The molecule has 0 aliphatic rings. The predicted octanol–water partition coefficient (Wildman–Crippen LogP) is 3.13. The van der Waals surface area contributed by atoms with Crippen LogP contribution in [-0.4, -0.2) is 16.3 Å². The summed E-state index contributed by atoms with van der Waals surface area (Å²) >= 11 is 4.26. The van der Waals surface area contributed by atoms with E-state index in [1.165, 1.54) is 6.92 Å². The van der Waals surface area contributed by atoms with Gasteiger partial charge in [0.2, 0.25) is 0 Å². The van der Waals surface area contributed by atoms with Gasteiger partial charge >= 0.3 is 5.97 Å². The summed E-state index contributed by atoms with van der Waals surface area (Å²) in [5.41, 5.74) is 0.217. The summed E-state index contributed by atoms with van der Waals surface area (Å²) in [6, 6.07) is 9.14. The lowest BCUT2D eigenvalue weighted by Crippen LogP contribution is -2.09. The summed E-state index contributed by atoms with van der Waals surface area (Å²) < 4.78 is 5.60. The fourth-order valence-corrected chi connectivity index (χ4v) is 1.46. The number of rotatable bonds is 5. The zero-order valence-corrected chi connectivity index (χ0v) is 10.8. The molecule has 0 radical (unpaired) electrons. The van der Waals surface area contributed by atoms with E-state index in [0.717, 1.165) is 0 Å². The predicted molar refractivity (Wildman–Crippen MR) is 70.5 cm³/mol. The fraction of sp³-hybridized carbons (Fsp3) is 0.308. The maximum atomic E-state index is 10.9. The number of ether oxygens (including phenoxy) is 1. The Morgan fingerprint density at radius 3 is 2.47 bits per heavy atom. The van der Waals surface area contributed by atoms with E-state index < -0.39 is 5.97 Å². The molecule has 1 N–H and O–H groups in total. The molecule has 17 heavy (non-hydrogen) atoms. The quantitative estimate of drug-likeness (QED) is 0.481. The van der Waals surface area contributed by atoms with Crippen LogP contribution < -0.4 is 4.74 Å². The molecule has 1 aromatic carbocycles. The van der Waals surface area contributed by atoms with Crippen molar-refractivity contribution in [1.29, 1.82) is 0 Å². The van der Waals surface area contributed by atoms with Gasteiger partial charge in [0.15, 0.2) is 0 Å². The molecule has 0 saturated carbocycles. The lowest BCUT2D eigenvalue weighted by molar-refractivity contribution is -0.132. The smallest absolute Gasteiger partial charge is 0.334 e. The summed E-state index contributed by atoms with van der Waals surface area (Å²) in [5, 5.41) is 9.02. The SMILES string of the molecule is CC(C(=O)O)=C(CC(C)S)Oc1ccccc1. The van der Waals surface area contributed by atoms with E-state index in [2.05, 4.69) is 12.6 Å². The lowest BCUT2D eigenvalue weighted by Gasteiger charge is -2.13. The molecule has 92 valence electrons. The molecule has 4 heteroatoms. The van der Waals surface area contributed by atoms with E-state index >= 15 is 0 Å². The maximum Gasteiger partial charge on any atom is 0.334 e. The normalized spacial score (nSPS) is 13.8. The summed E-state index contributed by atoms with van der Waals surface area (Å²) in [6.45, 7) is 3.43. The standard InChI is InChI=1S/C13H16O3S/c1-9(17)8-12(10(2)13(14)15)16-11-6-4-3-5-7-11/h3-7,9,17H,8H2,1-2H3,(H,14,15). The van der Waals surface area contributed by atoms with E-state index in [0.29, 0.717) is 17.9 Å². The van der Waals surface area contributed by atoms with Gasteiger partial charge in [-0.15, -0.1) is 0 Å². The largest absolute Gasteiger partial charge is 0.478 e. The zero-order chi connectivity index (χ0) is 12.8. The van der Waals surface area contributed by atoms with Gasteiger partial charge in [-0.3, -0.25) is 0 Å². The number of para-hydroxylation sites is 1. The molecule has 0 saturated heterocycles. The number of benzene rings is 1. The van der Waals surface area contributed by atoms with Crippen LogP contribution in [0.1, 0.15) is 20.3 Å². The maximum absolute atomic E-state index is 10.9. The Balaban J connectivity index is 2.93. The molecular weight excluding hydrogens is 236 g/mol. The number of carbonyl (C=O) groups is 1. The molecule has 0 aliphatic heterocycles. The van der Waals surface area contributed by atoms with Crippen LogP contribution >= 0.6 is 12.6 Å². The highest BCUT2D eigenvalue weighted by Gasteiger charge is 2.13. The Morgan fingerprint density at radius 1 is 1.41 bits per heavy atom. The zero-order valence-electron chi connectivity index (χ0n) is 9.88. The lowest BCUT2D eigenvalue weighted by atomic mass is 10.2. The molecule has 3 nitrogen and oxygen atoms in total. The van der Waals surface area contributed by atoms with Crippen molar-refractivity contribution in [3.05, 3.63) is 41.7 Å². The molecule has 1 atom stereocenters. The monoisotopic (exact) mass is 252 g/mol. The van der Waals surface area contributed by atoms with Crippen molar-refractivity contribution in [2.24, 2.45) is 0 Å². The molecule has 0 fully saturated rings. The summed E-state index contributed by atoms with van der Waals surface area (Å²) in [7, 11) is 0. The van der Waals surface area contributed by atoms with Crippen molar-refractivity contribution in [1.82, 2.24) is 0 Å². The summed E-state index contributed by atoms with van der Waals surface area (Å²) in [5.74, 6) is 0.119. The molecule has 0 heterocycles. The molecule has 0 aromatic heterocycles. The van der Waals surface area contributed by atoms with Crippen LogP contribution in [0.15, 0.2) is 41.7 Å². The number of thiol groups is 1. The third kappa shape index (κ3) is 4.53. The second-order valence-corrected chi connectivity index (χ2v) is 4.70.